The van der Waals surface area contributed by atoms with E-state index in [1.54, 1.807) is 0 Å². The maximum atomic E-state index is 12.2. The standard InChI is InChI=1S/C26H38O5/c1-25(2,12-8-6-7-9-13-27)18-15-21(28)23-19-14-17(24(29)30-5)10-11-20(19)26(3,4)31-22(23)16-18/h10,15-16,19-20,27-28H,6-9,11-14H2,1-5H3/t19-,20-/m1/s1. The number of rotatable bonds is 8. The van der Waals surface area contributed by atoms with Gasteiger partial charge in [0, 0.05) is 29.6 Å². The number of unbranched alkanes of at least 4 members (excludes halogenated alkanes) is 3. The van der Waals surface area contributed by atoms with Crippen molar-refractivity contribution in [2.45, 2.75) is 89.6 Å². The summed E-state index contributed by atoms with van der Waals surface area (Å²) in [7, 11) is 1.41. The molecule has 0 unspecified atom stereocenters. The topological polar surface area (TPSA) is 76.0 Å². The van der Waals surface area contributed by atoms with Gasteiger partial charge in [-0.15, -0.1) is 0 Å². The molecule has 0 bridgehead atoms. The van der Waals surface area contributed by atoms with Crippen molar-refractivity contribution in [1.82, 2.24) is 0 Å². The van der Waals surface area contributed by atoms with Gasteiger partial charge in [-0.2, -0.15) is 0 Å². The van der Waals surface area contributed by atoms with Crippen LogP contribution in [0.4, 0.5) is 0 Å². The summed E-state index contributed by atoms with van der Waals surface area (Å²) < 4.78 is 11.4. The number of methoxy groups -OCH3 is 1. The Balaban J connectivity index is 1.89. The van der Waals surface area contributed by atoms with Gasteiger partial charge in [0.05, 0.1) is 7.11 Å². The minimum atomic E-state index is -0.394. The summed E-state index contributed by atoms with van der Waals surface area (Å²) in [6, 6.07) is 3.98. The van der Waals surface area contributed by atoms with Crippen LogP contribution in [0.3, 0.4) is 0 Å². The molecule has 2 atom stereocenters. The summed E-state index contributed by atoms with van der Waals surface area (Å²) in [5.74, 6) is 0.916. The Bertz CT molecular complexity index is 836. The molecule has 1 aromatic rings. The zero-order chi connectivity index (χ0) is 22.8. The summed E-state index contributed by atoms with van der Waals surface area (Å²) in [4.78, 5) is 12.2. The lowest BCUT2D eigenvalue weighted by molar-refractivity contribution is -0.136. The Morgan fingerprint density at radius 1 is 1.23 bits per heavy atom. The minimum absolute atomic E-state index is 0.0218. The molecule has 0 amide bonds. The summed E-state index contributed by atoms with van der Waals surface area (Å²) >= 11 is 0. The number of hydrogen-bond acceptors (Lipinski definition) is 5. The monoisotopic (exact) mass is 430 g/mol. The number of aromatic hydroxyl groups is 1. The third-order valence-corrected chi connectivity index (χ3v) is 7.24. The number of carbonyl (C=O) groups excluding carboxylic acids is 1. The summed E-state index contributed by atoms with van der Waals surface area (Å²) in [6.45, 7) is 8.86. The average Bonchev–Trinajstić information content (AvgIpc) is 2.71. The maximum Gasteiger partial charge on any atom is 0.333 e. The van der Waals surface area contributed by atoms with Gasteiger partial charge in [-0.1, -0.05) is 39.2 Å². The number of carbonyl (C=O) groups is 1. The average molecular weight is 431 g/mol. The van der Waals surface area contributed by atoms with Crippen LogP contribution in [-0.2, 0) is 14.9 Å². The third-order valence-electron chi connectivity index (χ3n) is 7.24. The molecule has 0 saturated carbocycles. The van der Waals surface area contributed by atoms with Crippen LogP contribution >= 0.6 is 0 Å². The second-order valence-corrected chi connectivity index (χ2v) is 10.3. The first-order valence-corrected chi connectivity index (χ1v) is 11.6. The molecule has 172 valence electrons. The van der Waals surface area contributed by atoms with Crippen LogP contribution in [0.5, 0.6) is 11.5 Å². The van der Waals surface area contributed by atoms with E-state index in [-0.39, 0.29) is 35.6 Å². The molecule has 0 spiro atoms. The van der Waals surface area contributed by atoms with E-state index in [0.29, 0.717) is 12.0 Å². The largest absolute Gasteiger partial charge is 0.508 e. The number of aliphatic hydroxyl groups excluding tert-OH is 1. The predicted molar refractivity (Wildman–Crippen MR) is 122 cm³/mol. The van der Waals surface area contributed by atoms with Crippen molar-refractivity contribution in [2.75, 3.05) is 13.7 Å². The van der Waals surface area contributed by atoms with Crippen molar-refractivity contribution in [3.8, 4) is 11.5 Å². The highest BCUT2D eigenvalue weighted by Gasteiger charge is 2.47. The number of allylic oxidation sites excluding steroid dienone is 1. The first-order valence-electron chi connectivity index (χ1n) is 11.6. The van der Waals surface area contributed by atoms with E-state index >= 15 is 0 Å². The first kappa shape index (κ1) is 23.6. The van der Waals surface area contributed by atoms with E-state index in [9.17, 15) is 9.90 Å². The van der Waals surface area contributed by atoms with Crippen LogP contribution in [0, 0.1) is 5.92 Å². The van der Waals surface area contributed by atoms with Crippen molar-refractivity contribution in [1.29, 1.82) is 0 Å². The van der Waals surface area contributed by atoms with E-state index in [2.05, 4.69) is 33.8 Å². The van der Waals surface area contributed by atoms with Crippen LogP contribution in [0.2, 0.25) is 0 Å². The van der Waals surface area contributed by atoms with Gasteiger partial charge in [-0.3, -0.25) is 0 Å². The Kier molecular flexibility index (Phi) is 7.04. The van der Waals surface area contributed by atoms with Crippen molar-refractivity contribution in [3.05, 3.63) is 34.9 Å². The number of ether oxygens (including phenoxy) is 2. The lowest BCUT2D eigenvalue weighted by Gasteiger charge is -2.47. The molecule has 5 heteroatoms. The first-order chi connectivity index (χ1) is 14.6. The number of phenolic OH excluding ortho intramolecular Hbond substituents is 1. The molecule has 2 aliphatic rings. The second-order valence-electron chi connectivity index (χ2n) is 10.3. The van der Waals surface area contributed by atoms with Crippen molar-refractivity contribution < 1.29 is 24.5 Å². The highest BCUT2D eigenvalue weighted by molar-refractivity contribution is 5.88. The molecular weight excluding hydrogens is 392 g/mol. The quantitative estimate of drug-likeness (QED) is 0.428. The van der Waals surface area contributed by atoms with Gasteiger partial charge in [0.2, 0.25) is 0 Å². The number of hydrogen-bond donors (Lipinski definition) is 2. The van der Waals surface area contributed by atoms with Gasteiger partial charge in [0.25, 0.3) is 0 Å². The molecule has 1 aliphatic heterocycles. The van der Waals surface area contributed by atoms with Crippen LogP contribution in [0.25, 0.3) is 0 Å². The smallest absolute Gasteiger partial charge is 0.333 e. The molecule has 1 aromatic carbocycles. The summed E-state index contributed by atoms with van der Waals surface area (Å²) in [6.07, 6.45) is 8.31. The molecule has 2 N–H and O–H groups in total. The van der Waals surface area contributed by atoms with Crippen LogP contribution in [0.1, 0.15) is 89.7 Å². The fourth-order valence-corrected chi connectivity index (χ4v) is 5.26. The normalized spacial score (nSPS) is 22.1. The fourth-order valence-electron chi connectivity index (χ4n) is 5.26. The number of phenols is 1. The molecule has 5 nitrogen and oxygen atoms in total. The van der Waals surface area contributed by atoms with Crippen molar-refractivity contribution in [2.24, 2.45) is 5.92 Å². The predicted octanol–water partition coefficient (Wildman–Crippen LogP) is 5.38. The summed E-state index contributed by atoms with van der Waals surface area (Å²) in [5, 5.41) is 20.1. The molecule has 31 heavy (non-hydrogen) atoms. The van der Waals surface area contributed by atoms with Gasteiger partial charge in [-0.25, -0.2) is 4.79 Å². The molecule has 1 aliphatic carbocycles. The van der Waals surface area contributed by atoms with Gasteiger partial charge in [-0.05, 0) is 62.6 Å². The van der Waals surface area contributed by atoms with E-state index < -0.39 is 5.60 Å². The molecule has 0 fully saturated rings. The van der Waals surface area contributed by atoms with E-state index in [1.807, 2.05) is 12.1 Å². The molecular formula is C26H38O5. The van der Waals surface area contributed by atoms with E-state index in [0.717, 1.165) is 55.4 Å². The molecule has 0 saturated heterocycles. The van der Waals surface area contributed by atoms with Crippen LogP contribution in [-0.4, -0.2) is 35.5 Å². The maximum absolute atomic E-state index is 12.2. The SMILES string of the molecule is COC(=O)C1=CC[C@@H]2[C@@H](C1)c1c(O)cc(C(C)(C)CCCCCCO)cc1OC2(C)C. The molecule has 0 radical (unpaired) electrons. The van der Waals surface area contributed by atoms with E-state index in [4.69, 9.17) is 14.6 Å². The van der Waals surface area contributed by atoms with Gasteiger partial charge < -0.3 is 19.7 Å². The number of esters is 1. The van der Waals surface area contributed by atoms with Crippen molar-refractivity contribution >= 4 is 5.97 Å². The molecule has 3 rings (SSSR count). The van der Waals surface area contributed by atoms with Crippen molar-refractivity contribution in [3.63, 3.8) is 0 Å². The molecule has 0 aromatic heterocycles. The fraction of sp³-hybridized carbons (Fsp3) is 0.654. The van der Waals surface area contributed by atoms with E-state index in [1.165, 1.54) is 7.11 Å². The van der Waals surface area contributed by atoms with Crippen LogP contribution in [0.15, 0.2) is 23.8 Å². The van der Waals surface area contributed by atoms with Gasteiger partial charge in [0.15, 0.2) is 0 Å². The number of benzene rings is 1. The lowest BCUT2D eigenvalue weighted by atomic mass is 9.66. The molecule has 1 heterocycles. The lowest BCUT2D eigenvalue weighted by Crippen LogP contribution is -2.46. The Labute approximate surface area is 186 Å². The van der Waals surface area contributed by atoms with Gasteiger partial charge in [0.1, 0.15) is 17.1 Å². The zero-order valence-corrected chi connectivity index (χ0v) is 19.7. The van der Waals surface area contributed by atoms with Crippen LogP contribution < -0.4 is 4.74 Å². The number of fused-ring (bicyclic) bond motifs is 3. The zero-order valence-electron chi connectivity index (χ0n) is 19.7. The Morgan fingerprint density at radius 3 is 2.61 bits per heavy atom. The second kappa shape index (κ2) is 9.23. The minimum Gasteiger partial charge on any atom is -0.508 e. The highest BCUT2D eigenvalue weighted by Crippen LogP contribution is 2.55. The summed E-state index contributed by atoms with van der Waals surface area (Å²) in [5.41, 5.74) is 2.08. The Hall–Kier alpha value is -2.01. The number of aliphatic hydroxyl groups is 1. The Morgan fingerprint density at radius 2 is 1.94 bits per heavy atom. The van der Waals surface area contributed by atoms with Gasteiger partial charge >= 0.3 is 5.97 Å². The highest BCUT2D eigenvalue weighted by atomic mass is 16.5. The third kappa shape index (κ3) is 4.92.